The van der Waals surface area contributed by atoms with Crippen LogP contribution in [-0.4, -0.2) is 61.1 Å². The Bertz CT molecular complexity index is 1190. The minimum absolute atomic E-state index is 0.0396. The molecule has 0 radical (unpaired) electrons. The number of ether oxygens (including phenoxy) is 1. The van der Waals surface area contributed by atoms with Crippen LogP contribution < -0.4 is 10.6 Å². The van der Waals surface area contributed by atoms with E-state index >= 15 is 0 Å². The van der Waals surface area contributed by atoms with Gasteiger partial charge in [-0.3, -0.25) is 15.1 Å². The highest BCUT2D eigenvalue weighted by atomic mass is 16.5. The van der Waals surface area contributed by atoms with Gasteiger partial charge in [-0.1, -0.05) is 90.0 Å². The van der Waals surface area contributed by atoms with Crippen LogP contribution in [0.2, 0.25) is 0 Å². The highest BCUT2D eigenvalue weighted by Crippen LogP contribution is 2.54. The van der Waals surface area contributed by atoms with E-state index in [9.17, 15) is 9.59 Å². The van der Waals surface area contributed by atoms with Crippen molar-refractivity contribution in [3.8, 4) is 0 Å². The number of methoxy groups -OCH3 is 1. The number of nitrogens with one attached hydrogen (secondary N) is 2. The fourth-order valence-electron chi connectivity index (χ4n) is 7.62. The summed E-state index contributed by atoms with van der Waals surface area (Å²) in [6.07, 6.45) is 13.3. The summed E-state index contributed by atoms with van der Waals surface area (Å²) in [5, 5.41) is 6.28. The Morgan fingerprint density at radius 1 is 1.23 bits per heavy atom. The SMILES string of the molecule is C=C(c1ccc(C2=NC(C3CCCN3C(=O)C(NC(=O)OC)C(C)C)NC2)cc1)C1CC(CC)(CCCC)CC1C=CC. The van der Waals surface area contributed by atoms with E-state index in [0.717, 1.165) is 24.1 Å². The molecule has 3 aliphatic rings. The van der Waals surface area contributed by atoms with Crippen LogP contribution in [-0.2, 0) is 9.53 Å². The van der Waals surface area contributed by atoms with E-state index in [2.05, 4.69) is 74.4 Å². The summed E-state index contributed by atoms with van der Waals surface area (Å²) in [6, 6.07) is 8.13. The zero-order chi connectivity index (χ0) is 31.1. The number of amides is 2. The summed E-state index contributed by atoms with van der Waals surface area (Å²) in [7, 11) is 1.32. The Morgan fingerprint density at radius 3 is 2.60 bits per heavy atom. The molecule has 7 heteroatoms. The van der Waals surface area contributed by atoms with Crippen LogP contribution in [0.4, 0.5) is 4.79 Å². The van der Waals surface area contributed by atoms with E-state index in [4.69, 9.17) is 9.73 Å². The van der Waals surface area contributed by atoms with Gasteiger partial charge in [0, 0.05) is 13.1 Å². The van der Waals surface area contributed by atoms with E-state index in [1.807, 2.05) is 18.7 Å². The molecule has 1 aromatic carbocycles. The number of carbonyl (C=O) groups excluding carboxylic acids is 2. The first-order valence-electron chi connectivity index (χ1n) is 16.5. The van der Waals surface area contributed by atoms with Gasteiger partial charge in [-0.15, -0.1) is 0 Å². The Morgan fingerprint density at radius 2 is 1.98 bits per heavy atom. The number of unbranched alkanes of at least 4 members (excludes halogenated alkanes) is 1. The molecule has 0 aromatic heterocycles. The van der Waals surface area contributed by atoms with Crippen molar-refractivity contribution in [2.75, 3.05) is 20.2 Å². The van der Waals surface area contributed by atoms with Crippen LogP contribution in [0.15, 0.2) is 48.0 Å². The Labute approximate surface area is 259 Å². The Kier molecular flexibility index (Phi) is 11.3. The van der Waals surface area contributed by atoms with E-state index in [-0.39, 0.29) is 24.0 Å². The number of likely N-dealkylation sites (tertiary alicyclic amines) is 1. The highest BCUT2D eigenvalue weighted by Gasteiger charge is 2.44. The largest absolute Gasteiger partial charge is 0.453 e. The molecule has 1 aromatic rings. The molecular formula is C36H54N4O3. The molecule has 2 heterocycles. The van der Waals surface area contributed by atoms with Gasteiger partial charge in [-0.25, -0.2) is 4.79 Å². The second kappa shape index (κ2) is 14.7. The van der Waals surface area contributed by atoms with Crippen molar-refractivity contribution in [1.82, 2.24) is 15.5 Å². The lowest BCUT2D eigenvalue weighted by molar-refractivity contribution is -0.135. The summed E-state index contributed by atoms with van der Waals surface area (Å²) in [5.74, 6) is 0.904. The average molecular weight is 591 g/mol. The first kappa shape index (κ1) is 33.0. The summed E-state index contributed by atoms with van der Waals surface area (Å²) in [5.41, 5.74) is 5.03. The van der Waals surface area contributed by atoms with Crippen LogP contribution in [0, 0.1) is 23.2 Å². The molecule has 2 aliphatic heterocycles. The number of allylic oxidation sites excluding steroid dienone is 3. The van der Waals surface area contributed by atoms with Crippen molar-refractivity contribution in [2.24, 2.45) is 28.2 Å². The molecule has 6 unspecified atom stereocenters. The zero-order valence-electron chi connectivity index (χ0n) is 27.3. The molecule has 0 spiro atoms. The minimum atomic E-state index is -0.625. The van der Waals surface area contributed by atoms with Gasteiger partial charge < -0.3 is 15.0 Å². The van der Waals surface area contributed by atoms with E-state index in [1.54, 1.807) is 0 Å². The van der Waals surface area contributed by atoms with Crippen LogP contribution in [0.1, 0.15) is 97.1 Å². The van der Waals surface area contributed by atoms with Crippen LogP contribution in [0.3, 0.4) is 0 Å². The van der Waals surface area contributed by atoms with E-state index in [0.29, 0.717) is 30.3 Å². The van der Waals surface area contributed by atoms with E-state index in [1.165, 1.54) is 56.8 Å². The van der Waals surface area contributed by atoms with Gasteiger partial charge in [0.2, 0.25) is 5.91 Å². The van der Waals surface area contributed by atoms with Gasteiger partial charge in [0.15, 0.2) is 0 Å². The summed E-state index contributed by atoms with van der Waals surface area (Å²) in [6.45, 7) is 16.6. The molecule has 2 fully saturated rings. The maximum Gasteiger partial charge on any atom is 0.407 e. The number of alkyl carbamates (subject to hydrolysis) is 1. The van der Waals surface area contributed by atoms with Crippen LogP contribution >= 0.6 is 0 Å². The van der Waals surface area contributed by atoms with Gasteiger partial charge >= 0.3 is 6.09 Å². The summed E-state index contributed by atoms with van der Waals surface area (Å²) in [4.78, 5) is 32.4. The molecule has 4 rings (SSSR count). The van der Waals surface area contributed by atoms with Crippen molar-refractivity contribution in [3.05, 3.63) is 54.1 Å². The van der Waals surface area contributed by atoms with Crippen LogP contribution in [0.5, 0.6) is 0 Å². The van der Waals surface area contributed by atoms with Gasteiger partial charge in [0.25, 0.3) is 0 Å². The van der Waals surface area contributed by atoms with Crippen molar-refractivity contribution < 1.29 is 14.3 Å². The smallest absolute Gasteiger partial charge is 0.407 e. The number of nitrogens with zero attached hydrogens (tertiary/aromatic N) is 2. The number of hydrogen-bond donors (Lipinski definition) is 2. The van der Waals surface area contributed by atoms with Crippen molar-refractivity contribution >= 4 is 23.3 Å². The number of aliphatic imine (C=N–C) groups is 1. The van der Waals surface area contributed by atoms with Crippen LogP contribution in [0.25, 0.3) is 5.57 Å². The molecule has 2 N–H and O–H groups in total. The zero-order valence-corrected chi connectivity index (χ0v) is 27.3. The van der Waals surface area contributed by atoms with Gasteiger partial charge in [0.1, 0.15) is 12.2 Å². The minimum Gasteiger partial charge on any atom is -0.453 e. The maximum atomic E-state index is 13.5. The predicted molar refractivity (Wildman–Crippen MR) is 176 cm³/mol. The molecule has 6 atom stereocenters. The summed E-state index contributed by atoms with van der Waals surface area (Å²) < 4.78 is 4.77. The number of hydrogen-bond acceptors (Lipinski definition) is 5. The fraction of sp³-hybridized carbons (Fsp3) is 0.639. The lowest BCUT2D eigenvalue weighted by Gasteiger charge is -2.32. The average Bonchev–Trinajstić information content (AvgIpc) is 3.77. The third kappa shape index (κ3) is 7.42. The van der Waals surface area contributed by atoms with Crippen molar-refractivity contribution in [1.29, 1.82) is 0 Å². The van der Waals surface area contributed by atoms with Crippen molar-refractivity contribution in [2.45, 2.75) is 104 Å². The second-order valence-corrected chi connectivity index (χ2v) is 13.3. The second-order valence-electron chi connectivity index (χ2n) is 13.3. The normalized spacial score (nSPS) is 28.0. The highest BCUT2D eigenvalue weighted by molar-refractivity contribution is 6.03. The number of rotatable bonds is 12. The predicted octanol–water partition coefficient (Wildman–Crippen LogP) is 6.98. The first-order chi connectivity index (χ1) is 20.7. The van der Waals surface area contributed by atoms with Gasteiger partial charge in [0.05, 0.1) is 18.9 Å². The maximum absolute atomic E-state index is 13.5. The third-order valence-electron chi connectivity index (χ3n) is 10.2. The lowest BCUT2D eigenvalue weighted by atomic mass is 9.77. The first-order valence-corrected chi connectivity index (χ1v) is 16.5. The van der Waals surface area contributed by atoms with E-state index < -0.39 is 12.1 Å². The lowest BCUT2D eigenvalue weighted by Crippen LogP contribution is -2.55. The fourth-order valence-corrected chi connectivity index (χ4v) is 7.62. The monoisotopic (exact) mass is 590 g/mol. The standard InChI is InChI=1S/C36H54N4O3/c1-8-11-19-36(10-3)21-28(13-9-2)29(22-36)25(6)26-15-17-27(18-16-26)30-23-37-33(38-30)31-14-12-20-40(31)34(41)32(24(4)5)39-35(42)43-7/h9,13,15-18,24,28-29,31-33,37H,6,8,10-12,14,19-23H2,1-5,7H3,(H,39,42). The molecule has 0 bridgehead atoms. The third-order valence-corrected chi connectivity index (χ3v) is 10.2. The molecule has 1 aliphatic carbocycles. The Hall–Kier alpha value is -2.93. The molecule has 236 valence electrons. The van der Waals surface area contributed by atoms with Crippen molar-refractivity contribution in [3.63, 3.8) is 0 Å². The molecule has 7 nitrogen and oxygen atoms in total. The number of carbonyl (C=O) groups is 2. The molecular weight excluding hydrogens is 536 g/mol. The molecule has 43 heavy (non-hydrogen) atoms. The quantitative estimate of drug-likeness (QED) is 0.257. The summed E-state index contributed by atoms with van der Waals surface area (Å²) >= 11 is 0. The topological polar surface area (TPSA) is 83.0 Å². The molecule has 1 saturated carbocycles. The molecule has 1 saturated heterocycles. The number of benzene rings is 1. The van der Waals surface area contributed by atoms with Gasteiger partial charge in [-0.05, 0) is 78.9 Å². The molecule has 2 amide bonds. The Balaban J connectivity index is 1.45. The van der Waals surface area contributed by atoms with Gasteiger partial charge in [-0.2, -0.15) is 0 Å².